The van der Waals surface area contributed by atoms with E-state index in [-0.39, 0.29) is 5.91 Å². The van der Waals surface area contributed by atoms with Gasteiger partial charge in [0.15, 0.2) is 11.2 Å². The summed E-state index contributed by atoms with van der Waals surface area (Å²) in [5.41, 5.74) is 1.11. The summed E-state index contributed by atoms with van der Waals surface area (Å²) in [6, 6.07) is 9.42. The molecule has 1 N–H and O–H groups in total. The maximum atomic E-state index is 12.4. The van der Waals surface area contributed by atoms with Crippen LogP contribution in [0.3, 0.4) is 0 Å². The van der Waals surface area contributed by atoms with Crippen molar-refractivity contribution < 1.29 is 9.53 Å². The molecular weight excluding hydrogens is 310 g/mol. The number of anilines is 1. The molecule has 0 spiro atoms. The van der Waals surface area contributed by atoms with E-state index in [0.717, 1.165) is 25.2 Å². The van der Waals surface area contributed by atoms with Gasteiger partial charge in [-0.25, -0.2) is 4.98 Å². The van der Waals surface area contributed by atoms with Crippen molar-refractivity contribution in [2.75, 3.05) is 18.9 Å². The number of carbonyl (C=O) groups is 1. The number of thiazole rings is 1. The molecule has 0 fully saturated rings. The number of benzene rings is 1. The predicted molar refractivity (Wildman–Crippen MR) is 91.9 cm³/mol. The van der Waals surface area contributed by atoms with E-state index in [0.29, 0.717) is 17.3 Å². The number of hydrogen-bond donors (Lipinski definition) is 1. The molecule has 122 valence electrons. The van der Waals surface area contributed by atoms with Gasteiger partial charge in [-0.05, 0) is 25.6 Å². The van der Waals surface area contributed by atoms with Gasteiger partial charge in [-0.1, -0.05) is 25.1 Å². The smallest absolute Gasteiger partial charge is 0.267 e. The Kier molecular flexibility index (Phi) is 4.93. The van der Waals surface area contributed by atoms with Crippen LogP contribution in [0, 0.1) is 0 Å². The molecule has 5 nitrogen and oxygen atoms in total. The summed E-state index contributed by atoms with van der Waals surface area (Å²) in [6.45, 7) is 3.86. The fraction of sp³-hybridized carbons (Fsp3) is 0.412. The van der Waals surface area contributed by atoms with Gasteiger partial charge in [-0.2, -0.15) is 0 Å². The van der Waals surface area contributed by atoms with Crippen LogP contribution in [0.4, 0.5) is 5.13 Å². The summed E-state index contributed by atoms with van der Waals surface area (Å²) in [5.74, 6) is 0.561. The lowest BCUT2D eigenvalue weighted by atomic mass is 10.2. The summed E-state index contributed by atoms with van der Waals surface area (Å²) in [4.78, 5) is 20.5. The van der Waals surface area contributed by atoms with E-state index in [2.05, 4.69) is 22.2 Å². The molecule has 0 aliphatic carbocycles. The first-order valence-corrected chi connectivity index (χ1v) is 8.67. The first-order valence-electron chi connectivity index (χ1n) is 7.85. The highest BCUT2D eigenvalue weighted by molar-refractivity contribution is 7.15. The van der Waals surface area contributed by atoms with E-state index in [1.165, 1.54) is 4.88 Å². The van der Waals surface area contributed by atoms with Crippen LogP contribution in [0.1, 0.15) is 23.9 Å². The van der Waals surface area contributed by atoms with Gasteiger partial charge >= 0.3 is 0 Å². The van der Waals surface area contributed by atoms with Crippen molar-refractivity contribution >= 4 is 22.4 Å². The molecule has 23 heavy (non-hydrogen) atoms. The van der Waals surface area contributed by atoms with Crippen LogP contribution in [-0.4, -0.2) is 35.5 Å². The zero-order chi connectivity index (χ0) is 16.2. The number of para-hydroxylation sites is 1. The van der Waals surface area contributed by atoms with Gasteiger partial charge < -0.3 is 9.64 Å². The van der Waals surface area contributed by atoms with Gasteiger partial charge in [0.2, 0.25) is 0 Å². The van der Waals surface area contributed by atoms with Crippen LogP contribution >= 0.6 is 11.3 Å². The number of hydrogen-bond acceptors (Lipinski definition) is 5. The number of carbonyl (C=O) groups excluding carboxylic acids is 1. The second-order valence-electron chi connectivity index (χ2n) is 5.69. The standard InChI is InChI=1S/C17H21N3O2S/c1-3-14(22-12-7-5-4-6-8-12)16(21)19-17-18-13-9-10-20(2)11-15(13)23-17/h4-8,14H,3,9-11H2,1-2H3,(H,18,19,21)/t14-/m1/s1. The Hall–Kier alpha value is -1.92. The molecule has 0 saturated heterocycles. The van der Waals surface area contributed by atoms with Crippen molar-refractivity contribution in [2.24, 2.45) is 0 Å². The van der Waals surface area contributed by atoms with Gasteiger partial charge in [-0.15, -0.1) is 11.3 Å². The molecular formula is C17H21N3O2S. The lowest BCUT2D eigenvalue weighted by molar-refractivity contribution is -0.122. The van der Waals surface area contributed by atoms with Gasteiger partial charge in [0.25, 0.3) is 5.91 Å². The molecule has 3 rings (SSSR count). The van der Waals surface area contributed by atoms with Gasteiger partial charge in [0, 0.05) is 24.4 Å². The van der Waals surface area contributed by atoms with Crippen molar-refractivity contribution in [1.29, 1.82) is 0 Å². The van der Waals surface area contributed by atoms with E-state index < -0.39 is 6.10 Å². The average molecular weight is 331 g/mol. The maximum Gasteiger partial charge on any atom is 0.267 e. The summed E-state index contributed by atoms with van der Waals surface area (Å²) in [7, 11) is 2.10. The van der Waals surface area contributed by atoms with Crippen molar-refractivity contribution in [3.05, 3.63) is 40.9 Å². The third kappa shape index (κ3) is 3.89. The Labute approximate surface area is 140 Å². The van der Waals surface area contributed by atoms with Crippen molar-refractivity contribution in [1.82, 2.24) is 9.88 Å². The third-order valence-electron chi connectivity index (χ3n) is 3.84. The minimum Gasteiger partial charge on any atom is -0.481 e. The zero-order valence-electron chi connectivity index (χ0n) is 13.4. The van der Waals surface area contributed by atoms with E-state index in [4.69, 9.17) is 4.74 Å². The minimum absolute atomic E-state index is 0.143. The number of nitrogens with zero attached hydrogens (tertiary/aromatic N) is 2. The van der Waals surface area contributed by atoms with Crippen LogP contribution in [0.2, 0.25) is 0 Å². The Morgan fingerprint density at radius 3 is 2.96 bits per heavy atom. The van der Waals surface area contributed by atoms with Gasteiger partial charge in [0.05, 0.1) is 5.69 Å². The Bertz CT molecular complexity index is 672. The predicted octanol–water partition coefficient (Wildman–Crippen LogP) is 2.93. The SMILES string of the molecule is CC[C@@H](Oc1ccccc1)C(=O)Nc1nc2c(s1)CN(C)CC2. The Morgan fingerprint density at radius 2 is 2.22 bits per heavy atom. The van der Waals surface area contributed by atoms with Gasteiger partial charge in [0.1, 0.15) is 5.75 Å². The van der Waals surface area contributed by atoms with Gasteiger partial charge in [-0.3, -0.25) is 10.1 Å². The molecule has 2 heterocycles. The maximum absolute atomic E-state index is 12.4. The van der Waals surface area contributed by atoms with E-state index in [9.17, 15) is 4.79 Å². The lowest BCUT2D eigenvalue weighted by Gasteiger charge is -2.20. The number of ether oxygens (including phenoxy) is 1. The van der Waals surface area contributed by atoms with E-state index >= 15 is 0 Å². The molecule has 1 aliphatic heterocycles. The number of nitrogens with one attached hydrogen (secondary N) is 1. The van der Waals surface area contributed by atoms with Crippen LogP contribution in [0.25, 0.3) is 0 Å². The minimum atomic E-state index is -0.513. The highest BCUT2D eigenvalue weighted by Gasteiger charge is 2.22. The van der Waals surface area contributed by atoms with Crippen LogP contribution in [-0.2, 0) is 17.8 Å². The van der Waals surface area contributed by atoms with E-state index in [1.807, 2.05) is 37.3 Å². The molecule has 1 aliphatic rings. The van der Waals surface area contributed by atoms with Crippen molar-refractivity contribution in [3.63, 3.8) is 0 Å². The average Bonchev–Trinajstić information content (AvgIpc) is 2.94. The monoisotopic (exact) mass is 331 g/mol. The lowest BCUT2D eigenvalue weighted by Crippen LogP contribution is -2.32. The van der Waals surface area contributed by atoms with E-state index in [1.54, 1.807) is 11.3 Å². The molecule has 2 aromatic rings. The first-order chi connectivity index (χ1) is 11.2. The third-order valence-corrected chi connectivity index (χ3v) is 4.83. The molecule has 1 atom stereocenters. The molecule has 0 unspecified atom stereocenters. The fourth-order valence-corrected chi connectivity index (χ4v) is 3.64. The zero-order valence-corrected chi connectivity index (χ0v) is 14.2. The number of amides is 1. The molecule has 0 bridgehead atoms. The molecule has 0 saturated carbocycles. The second kappa shape index (κ2) is 7.10. The number of rotatable bonds is 5. The summed E-state index contributed by atoms with van der Waals surface area (Å²) >= 11 is 1.56. The molecule has 0 radical (unpaired) electrons. The Balaban J connectivity index is 1.65. The van der Waals surface area contributed by atoms with Crippen LogP contribution in [0.15, 0.2) is 30.3 Å². The summed E-state index contributed by atoms with van der Waals surface area (Å²) < 4.78 is 5.77. The Morgan fingerprint density at radius 1 is 1.43 bits per heavy atom. The second-order valence-corrected chi connectivity index (χ2v) is 6.78. The molecule has 6 heteroatoms. The molecule has 1 amide bonds. The van der Waals surface area contributed by atoms with Crippen LogP contribution in [0.5, 0.6) is 5.75 Å². The number of likely N-dealkylation sites (N-methyl/N-ethyl adjacent to an activating group) is 1. The summed E-state index contributed by atoms with van der Waals surface area (Å²) in [6.07, 6.45) is 1.03. The number of aromatic nitrogens is 1. The van der Waals surface area contributed by atoms with Crippen molar-refractivity contribution in [2.45, 2.75) is 32.4 Å². The normalized spacial score (nSPS) is 15.7. The van der Waals surface area contributed by atoms with Crippen molar-refractivity contribution in [3.8, 4) is 5.75 Å². The topological polar surface area (TPSA) is 54.5 Å². The highest BCUT2D eigenvalue weighted by Crippen LogP contribution is 2.28. The highest BCUT2D eigenvalue weighted by atomic mass is 32.1. The largest absolute Gasteiger partial charge is 0.481 e. The van der Waals surface area contributed by atoms with Crippen LogP contribution < -0.4 is 10.1 Å². The molecule has 1 aromatic carbocycles. The number of fused-ring (bicyclic) bond motifs is 1. The summed E-state index contributed by atoms with van der Waals surface area (Å²) in [5, 5.41) is 3.58. The fourth-order valence-electron chi connectivity index (χ4n) is 2.55. The first kappa shape index (κ1) is 16.0. The molecule has 1 aromatic heterocycles. The quantitative estimate of drug-likeness (QED) is 0.915.